The molecule has 2 saturated heterocycles. The van der Waals surface area contributed by atoms with Gasteiger partial charge in [0.1, 0.15) is 5.69 Å². The fourth-order valence-corrected chi connectivity index (χ4v) is 5.30. The number of carbonyl (C=O) groups excluding carboxylic acids is 1. The molecular formula is C21H30N4O3. The molecule has 1 saturated carbocycles. The van der Waals surface area contributed by atoms with Crippen LogP contribution in [0.5, 0.6) is 0 Å². The summed E-state index contributed by atoms with van der Waals surface area (Å²) in [6.07, 6.45) is 8.74. The minimum Gasteiger partial charge on any atom is -0.383 e. The van der Waals surface area contributed by atoms with Gasteiger partial charge in [-0.3, -0.25) is 14.9 Å². The van der Waals surface area contributed by atoms with Crippen molar-refractivity contribution in [3.8, 4) is 0 Å². The molecule has 2 aliphatic heterocycles. The van der Waals surface area contributed by atoms with Crippen LogP contribution in [0.4, 0.5) is 17.1 Å². The van der Waals surface area contributed by atoms with Crippen molar-refractivity contribution in [3.05, 3.63) is 27.8 Å². The van der Waals surface area contributed by atoms with Gasteiger partial charge in [-0.05, 0) is 63.4 Å². The third-order valence-corrected chi connectivity index (χ3v) is 6.91. The highest BCUT2D eigenvalue weighted by Crippen LogP contribution is 2.44. The number of amides is 1. The monoisotopic (exact) mass is 386 g/mol. The summed E-state index contributed by atoms with van der Waals surface area (Å²) in [5.74, 6) is 0.534. The number of hydrogen-bond donors (Lipinski definition) is 2. The van der Waals surface area contributed by atoms with Crippen molar-refractivity contribution < 1.29 is 9.72 Å². The number of nitrogens with one attached hydrogen (secondary N) is 2. The summed E-state index contributed by atoms with van der Waals surface area (Å²) in [5, 5.41) is 17.7. The molecule has 4 rings (SSSR count). The molecule has 3 aliphatic rings. The van der Waals surface area contributed by atoms with E-state index in [4.69, 9.17) is 0 Å². The molecule has 0 radical (unpaired) electrons. The lowest BCUT2D eigenvalue weighted by Gasteiger charge is -2.30. The van der Waals surface area contributed by atoms with Crippen LogP contribution in [0.2, 0.25) is 0 Å². The Morgan fingerprint density at radius 1 is 1.07 bits per heavy atom. The van der Waals surface area contributed by atoms with Gasteiger partial charge in [-0.15, -0.1) is 0 Å². The van der Waals surface area contributed by atoms with E-state index >= 15 is 0 Å². The maximum atomic E-state index is 13.2. The van der Waals surface area contributed by atoms with E-state index in [0.717, 1.165) is 57.1 Å². The lowest BCUT2D eigenvalue weighted by Crippen LogP contribution is -2.39. The Hall–Kier alpha value is -2.31. The SMILES string of the molecule is CNc1cc(N2C3CCC2CC3)c(C(=O)NC2CCC(C)CC2)cc1[N+](=O)[O-]. The second-order valence-corrected chi connectivity index (χ2v) is 8.69. The van der Waals surface area contributed by atoms with Gasteiger partial charge in [0, 0.05) is 31.2 Å². The van der Waals surface area contributed by atoms with Crippen molar-refractivity contribution in [1.29, 1.82) is 0 Å². The first-order valence-electron chi connectivity index (χ1n) is 10.6. The summed E-state index contributed by atoms with van der Waals surface area (Å²) >= 11 is 0. The van der Waals surface area contributed by atoms with Gasteiger partial charge in [0.15, 0.2) is 0 Å². The van der Waals surface area contributed by atoms with Crippen molar-refractivity contribution in [1.82, 2.24) is 5.32 Å². The van der Waals surface area contributed by atoms with Gasteiger partial charge in [0.25, 0.3) is 11.6 Å². The number of rotatable bonds is 5. The summed E-state index contributed by atoms with van der Waals surface area (Å²) < 4.78 is 0. The van der Waals surface area contributed by atoms with Crippen LogP contribution in [0.1, 0.15) is 68.6 Å². The fraction of sp³-hybridized carbons (Fsp3) is 0.667. The maximum Gasteiger partial charge on any atom is 0.293 e. The molecule has 2 bridgehead atoms. The summed E-state index contributed by atoms with van der Waals surface area (Å²) in [6.45, 7) is 2.25. The van der Waals surface area contributed by atoms with E-state index in [2.05, 4.69) is 22.5 Å². The highest BCUT2D eigenvalue weighted by molar-refractivity contribution is 6.02. The summed E-state index contributed by atoms with van der Waals surface area (Å²) in [7, 11) is 1.69. The number of nitrogens with zero attached hydrogens (tertiary/aromatic N) is 2. The zero-order valence-corrected chi connectivity index (χ0v) is 16.7. The first-order chi connectivity index (χ1) is 13.5. The van der Waals surface area contributed by atoms with Crippen molar-refractivity contribution >= 4 is 23.0 Å². The van der Waals surface area contributed by atoms with Crippen LogP contribution in [-0.2, 0) is 0 Å². The molecule has 1 aromatic carbocycles. The number of fused-ring (bicyclic) bond motifs is 2. The van der Waals surface area contributed by atoms with Crippen molar-refractivity contribution in [3.63, 3.8) is 0 Å². The van der Waals surface area contributed by atoms with E-state index < -0.39 is 4.92 Å². The van der Waals surface area contributed by atoms with Crippen LogP contribution in [-0.4, -0.2) is 36.0 Å². The van der Waals surface area contributed by atoms with Crippen LogP contribution in [0, 0.1) is 16.0 Å². The van der Waals surface area contributed by atoms with Gasteiger partial charge < -0.3 is 15.5 Å². The molecule has 0 aromatic heterocycles. The number of anilines is 2. The summed E-state index contributed by atoms with van der Waals surface area (Å²) in [4.78, 5) is 26.7. The van der Waals surface area contributed by atoms with E-state index in [1.54, 1.807) is 7.05 Å². The highest BCUT2D eigenvalue weighted by atomic mass is 16.6. The smallest absolute Gasteiger partial charge is 0.293 e. The van der Waals surface area contributed by atoms with Crippen molar-refractivity contribution in [2.75, 3.05) is 17.3 Å². The van der Waals surface area contributed by atoms with Gasteiger partial charge in [-0.2, -0.15) is 0 Å². The van der Waals surface area contributed by atoms with Crippen LogP contribution in [0.25, 0.3) is 0 Å². The molecule has 0 spiro atoms. The Kier molecular flexibility index (Phi) is 5.17. The molecule has 0 unspecified atom stereocenters. The lowest BCUT2D eigenvalue weighted by atomic mass is 9.87. The topological polar surface area (TPSA) is 87.5 Å². The first kappa shape index (κ1) is 19.0. The molecule has 3 fully saturated rings. The van der Waals surface area contributed by atoms with Gasteiger partial charge in [-0.25, -0.2) is 0 Å². The Balaban J connectivity index is 1.68. The van der Waals surface area contributed by atoms with Gasteiger partial charge in [0.2, 0.25) is 0 Å². The molecule has 2 N–H and O–H groups in total. The molecule has 0 atom stereocenters. The van der Waals surface area contributed by atoms with E-state index in [-0.39, 0.29) is 17.6 Å². The zero-order chi connectivity index (χ0) is 19.8. The fourth-order valence-electron chi connectivity index (χ4n) is 5.30. The second-order valence-electron chi connectivity index (χ2n) is 8.69. The molecule has 28 heavy (non-hydrogen) atoms. The predicted octanol–water partition coefficient (Wildman–Crippen LogP) is 4.08. The molecule has 152 valence electrons. The highest BCUT2D eigenvalue weighted by Gasteiger charge is 2.41. The van der Waals surface area contributed by atoms with Crippen LogP contribution in [0.3, 0.4) is 0 Å². The standard InChI is InChI=1S/C21H30N4O3/c1-13-3-5-14(6-4-13)23-21(26)17-11-20(25(27)28)18(22-2)12-19(17)24-15-7-8-16(24)10-9-15/h11-16,22H,3-10H2,1-2H3,(H,23,26). The Morgan fingerprint density at radius 2 is 1.68 bits per heavy atom. The number of nitro groups is 1. The number of benzene rings is 1. The molecule has 1 aliphatic carbocycles. The van der Waals surface area contributed by atoms with E-state index in [1.807, 2.05) is 6.07 Å². The molecular weight excluding hydrogens is 356 g/mol. The Labute approximate surface area is 166 Å². The minimum atomic E-state index is -0.409. The average Bonchev–Trinajstić information content (AvgIpc) is 3.29. The number of carbonyl (C=O) groups is 1. The van der Waals surface area contributed by atoms with Crippen molar-refractivity contribution in [2.24, 2.45) is 5.92 Å². The van der Waals surface area contributed by atoms with E-state index in [9.17, 15) is 14.9 Å². The van der Waals surface area contributed by atoms with Gasteiger partial charge in [0.05, 0.1) is 16.2 Å². The first-order valence-corrected chi connectivity index (χ1v) is 10.6. The van der Waals surface area contributed by atoms with Crippen molar-refractivity contribution in [2.45, 2.75) is 76.4 Å². The second kappa shape index (κ2) is 7.60. The summed E-state index contributed by atoms with van der Waals surface area (Å²) in [6, 6.07) is 4.33. The predicted molar refractivity (Wildman–Crippen MR) is 110 cm³/mol. The minimum absolute atomic E-state index is 0.0415. The zero-order valence-electron chi connectivity index (χ0n) is 16.7. The molecule has 1 amide bonds. The molecule has 1 aromatic rings. The van der Waals surface area contributed by atoms with Gasteiger partial charge >= 0.3 is 0 Å². The van der Waals surface area contributed by atoms with Gasteiger partial charge in [-0.1, -0.05) is 6.92 Å². The lowest BCUT2D eigenvalue weighted by molar-refractivity contribution is -0.383. The van der Waals surface area contributed by atoms with E-state index in [0.29, 0.717) is 29.3 Å². The average molecular weight is 386 g/mol. The number of hydrogen-bond acceptors (Lipinski definition) is 5. The molecule has 7 heteroatoms. The van der Waals surface area contributed by atoms with Crippen LogP contribution >= 0.6 is 0 Å². The summed E-state index contributed by atoms with van der Waals surface area (Å²) in [5.41, 5.74) is 1.72. The van der Waals surface area contributed by atoms with Crippen LogP contribution in [0.15, 0.2) is 12.1 Å². The number of nitro benzene ring substituents is 1. The largest absolute Gasteiger partial charge is 0.383 e. The van der Waals surface area contributed by atoms with E-state index in [1.165, 1.54) is 6.07 Å². The third-order valence-electron chi connectivity index (χ3n) is 6.91. The Bertz CT molecular complexity index is 753. The third kappa shape index (κ3) is 3.42. The van der Waals surface area contributed by atoms with Crippen LogP contribution < -0.4 is 15.5 Å². The Morgan fingerprint density at radius 3 is 2.21 bits per heavy atom. The quantitative estimate of drug-likeness (QED) is 0.588. The normalized spacial score (nSPS) is 29.0. The molecule has 7 nitrogen and oxygen atoms in total. The maximum absolute atomic E-state index is 13.2. The molecule has 2 heterocycles.